The van der Waals surface area contributed by atoms with Crippen LogP contribution in [0.4, 0.5) is 0 Å². The van der Waals surface area contributed by atoms with Gasteiger partial charge in [0.15, 0.2) is 0 Å². The van der Waals surface area contributed by atoms with Crippen molar-refractivity contribution in [2.75, 3.05) is 20.6 Å². The first-order valence-corrected chi connectivity index (χ1v) is 6.19. The van der Waals surface area contributed by atoms with Crippen LogP contribution in [0.1, 0.15) is 18.9 Å². The largest absolute Gasteiger partial charge is 0.508 e. The molecule has 0 bridgehead atoms. The molecule has 0 heterocycles. The van der Waals surface area contributed by atoms with E-state index in [1.807, 2.05) is 27.1 Å². The highest BCUT2D eigenvalue weighted by molar-refractivity contribution is 5.78. The molecule has 1 unspecified atom stereocenters. The van der Waals surface area contributed by atoms with Gasteiger partial charge in [0, 0.05) is 6.04 Å². The molecule has 1 aromatic rings. The van der Waals surface area contributed by atoms with Crippen molar-refractivity contribution in [3.05, 3.63) is 29.8 Å². The Morgan fingerprint density at radius 1 is 1.44 bits per heavy atom. The topological polar surface area (TPSA) is 52.6 Å². The molecular weight excluding hydrogens is 228 g/mol. The van der Waals surface area contributed by atoms with Crippen LogP contribution in [0.25, 0.3) is 0 Å². The maximum atomic E-state index is 11.8. The van der Waals surface area contributed by atoms with E-state index in [1.54, 1.807) is 18.2 Å². The summed E-state index contributed by atoms with van der Waals surface area (Å²) in [6.07, 6.45) is 1.24. The second kappa shape index (κ2) is 7.01. The Morgan fingerprint density at radius 3 is 2.78 bits per heavy atom. The molecule has 0 radical (unpaired) electrons. The highest BCUT2D eigenvalue weighted by atomic mass is 16.3. The van der Waals surface area contributed by atoms with Crippen molar-refractivity contribution in [2.45, 2.75) is 25.8 Å². The molecule has 0 aliphatic heterocycles. The molecule has 0 spiro atoms. The number of nitrogens with zero attached hydrogens (tertiary/aromatic N) is 1. The highest BCUT2D eigenvalue weighted by Gasteiger charge is 2.08. The molecule has 0 aliphatic rings. The van der Waals surface area contributed by atoms with Crippen LogP contribution in [0.3, 0.4) is 0 Å². The van der Waals surface area contributed by atoms with Gasteiger partial charge < -0.3 is 15.3 Å². The zero-order chi connectivity index (χ0) is 13.5. The van der Waals surface area contributed by atoms with Gasteiger partial charge in [0.05, 0.1) is 6.42 Å². The summed E-state index contributed by atoms with van der Waals surface area (Å²) in [5.74, 6) is 0.188. The molecular formula is C14H22N2O2. The molecule has 0 saturated heterocycles. The maximum Gasteiger partial charge on any atom is 0.224 e. The number of phenols is 1. The van der Waals surface area contributed by atoms with Gasteiger partial charge in [-0.2, -0.15) is 0 Å². The number of hydrogen-bond donors (Lipinski definition) is 2. The van der Waals surface area contributed by atoms with Crippen molar-refractivity contribution in [1.29, 1.82) is 0 Å². The predicted octanol–water partition coefficient (Wildman–Crippen LogP) is 1.39. The number of nitrogens with one attached hydrogen (secondary N) is 1. The van der Waals surface area contributed by atoms with Gasteiger partial charge in [0.25, 0.3) is 0 Å². The third-order valence-electron chi connectivity index (χ3n) is 2.69. The molecule has 0 aliphatic carbocycles. The molecule has 0 saturated carbocycles. The molecule has 4 nitrogen and oxygen atoms in total. The molecule has 4 heteroatoms. The fourth-order valence-electron chi connectivity index (χ4n) is 1.70. The second-order valence-corrected chi connectivity index (χ2v) is 4.91. The summed E-state index contributed by atoms with van der Waals surface area (Å²) in [5, 5.41) is 12.3. The zero-order valence-corrected chi connectivity index (χ0v) is 11.3. The van der Waals surface area contributed by atoms with Crippen LogP contribution < -0.4 is 5.32 Å². The number of hydrogen-bond acceptors (Lipinski definition) is 3. The maximum absolute atomic E-state index is 11.8. The number of phenolic OH excluding ortho intramolecular Hbond substituents is 1. The van der Waals surface area contributed by atoms with Crippen molar-refractivity contribution in [3.63, 3.8) is 0 Å². The van der Waals surface area contributed by atoms with Crippen molar-refractivity contribution >= 4 is 5.91 Å². The fraction of sp³-hybridized carbons (Fsp3) is 0.500. The smallest absolute Gasteiger partial charge is 0.224 e. The lowest BCUT2D eigenvalue weighted by Gasteiger charge is -2.16. The average molecular weight is 250 g/mol. The summed E-state index contributed by atoms with van der Waals surface area (Å²) in [6, 6.07) is 6.96. The number of amides is 1. The van der Waals surface area contributed by atoms with Crippen molar-refractivity contribution in [3.8, 4) is 5.75 Å². The molecule has 0 aromatic heterocycles. The standard InChI is InChI=1S/C14H22N2O2/c1-11(7-8-16(2)3)15-14(18)10-12-5-4-6-13(17)9-12/h4-6,9,11,17H,7-8,10H2,1-3H3,(H,15,18). The van der Waals surface area contributed by atoms with Gasteiger partial charge in [-0.15, -0.1) is 0 Å². The second-order valence-electron chi connectivity index (χ2n) is 4.91. The van der Waals surface area contributed by atoms with E-state index in [1.165, 1.54) is 0 Å². The van der Waals surface area contributed by atoms with Crippen molar-refractivity contribution in [1.82, 2.24) is 10.2 Å². The van der Waals surface area contributed by atoms with E-state index in [4.69, 9.17) is 0 Å². The van der Waals surface area contributed by atoms with Gasteiger partial charge in [-0.3, -0.25) is 4.79 Å². The average Bonchev–Trinajstić information content (AvgIpc) is 2.26. The van der Waals surface area contributed by atoms with Crippen LogP contribution in [0.15, 0.2) is 24.3 Å². The lowest BCUT2D eigenvalue weighted by molar-refractivity contribution is -0.121. The van der Waals surface area contributed by atoms with Gasteiger partial charge >= 0.3 is 0 Å². The fourth-order valence-corrected chi connectivity index (χ4v) is 1.70. The van der Waals surface area contributed by atoms with Crippen LogP contribution in [0.2, 0.25) is 0 Å². The van der Waals surface area contributed by atoms with Gasteiger partial charge in [0.2, 0.25) is 5.91 Å². The molecule has 1 aromatic carbocycles. The molecule has 2 N–H and O–H groups in total. The van der Waals surface area contributed by atoms with Crippen LogP contribution in [0.5, 0.6) is 5.75 Å². The van der Waals surface area contributed by atoms with E-state index in [0.29, 0.717) is 6.42 Å². The summed E-state index contributed by atoms with van der Waals surface area (Å²) in [7, 11) is 4.03. The summed E-state index contributed by atoms with van der Waals surface area (Å²) in [4.78, 5) is 13.9. The first-order chi connectivity index (χ1) is 8.47. The normalized spacial score (nSPS) is 12.4. The van der Waals surface area contributed by atoms with Gasteiger partial charge in [-0.1, -0.05) is 12.1 Å². The van der Waals surface area contributed by atoms with E-state index in [9.17, 15) is 9.90 Å². The highest BCUT2D eigenvalue weighted by Crippen LogP contribution is 2.11. The van der Waals surface area contributed by atoms with Crippen LogP contribution >= 0.6 is 0 Å². The van der Waals surface area contributed by atoms with Crippen LogP contribution in [-0.4, -0.2) is 42.6 Å². The first-order valence-electron chi connectivity index (χ1n) is 6.19. The SMILES string of the molecule is CC(CCN(C)C)NC(=O)Cc1cccc(O)c1. The van der Waals surface area contributed by atoms with E-state index >= 15 is 0 Å². The lowest BCUT2D eigenvalue weighted by atomic mass is 10.1. The Hall–Kier alpha value is -1.55. The first kappa shape index (κ1) is 14.5. The quantitative estimate of drug-likeness (QED) is 0.802. The molecule has 100 valence electrons. The van der Waals surface area contributed by atoms with Crippen LogP contribution in [0, 0.1) is 0 Å². The van der Waals surface area contributed by atoms with Crippen molar-refractivity contribution < 1.29 is 9.90 Å². The minimum absolute atomic E-state index is 0.00754. The Bertz CT molecular complexity index is 391. The molecule has 1 atom stereocenters. The Labute approximate surface area is 109 Å². The third kappa shape index (κ3) is 5.68. The lowest BCUT2D eigenvalue weighted by Crippen LogP contribution is -2.35. The van der Waals surface area contributed by atoms with E-state index in [0.717, 1.165) is 18.5 Å². The minimum Gasteiger partial charge on any atom is -0.508 e. The van der Waals surface area contributed by atoms with Gasteiger partial charge in [-0.25, -0.2) is 0 Å². The molecule has 0 fully saturated rings. The van der Waals surface area contributed by atoms with E-state index in [-0.39, 0.29) is 17.7 Å². The minimum atomic E-state index is -0.00754. The van der Waals surface area contributed by atoms with Gasteiger partial charge in [-0.05, 0) is 51.7 Å². The zero-order valence-electron chi connectivity index (χ0n) is 11.3. The van der Waals surface area contributed by atoms with E-state index in [2.05, 4.69) is 10.2 Å². The number of aromatic hydroxyl groups is 1. The number of carbonyl (C=O) groups excluding carboxylic acids is 1. The summed E-state index contributed by atoms with van der Waals surface area (Å²) >= 11 is 0. The predicted molar refractivity (Wildman–Crippen MR) is 72.6 cm³/mol. The summed E-state index contributed by atoms with van der Waals surface area (Å²) in [6.45, 7) is 2.96. The summed E-state index contributed by atoms with van der Waals surface area (Å²) in [5.41, 5.74) is 0.826. The number of benzene rings is 1. The monoisotopic (exact) mass is 250 g/mol. The molecule has 18 heavy (non-hydrogen) atoms. The number of rotatable bonds is 6. The third-order valence-corrected chi connectivity index (χ3v) is 2.69. The Kier molecular flexibility index (Phi) is 5.65. The molecule has 1 rings (SSSR count). The van der Waals surface area contributed by atoms with E-state index < -0.39 is 0 Å². The summed E-state index contributed by atoms with van der Waals surface area (Å²) < 4.78 is 0. The Morgan fingerprint density at radius 2 is 2.17 bits per heavy atom. The Balaban J connectivity index is 2.37. The van der Waals surface area contributed by atoms with Gasteiger partial charge in [0.1, 0.15) is 5.75 Å². The number of carbonyl (C=O) groups is 1. The van der Waals surface area contributed by atoms with Crippen LogP contribution in [-0.2, 0) is 11.2 Å². The molecule has 1 amide bonds. The van der Waals surface area contributed by atoms with Crippen molar-refractivity contribution in [2.24, 2.45) is 0 Å².